The molecular weight excluding hydrogens is 165 g/mol. The second-order valence-corrected chi connectivity index (χ2v) is 3.82. The van der Waals surface area contributed by atoms with Crippen LogP contribution in [-0.2, 0) is 0 Å². The van der Waals surface area contributed by atoms with Gasteiger partial charge in [-0.2, -0.15) is 6.92 Å². The SMILES string of the molecule is C[CH-]C(C)N(CCCC)CCCC.[Li+]. The van der Waals surface area contributed by atoms with E-state index in [0.29, 0.717) is 6.04 Å². The normalized spacial score (nSPS) is 12.6. The van der Waals surface area contributed by atoms with Crippen LogP contribution in [0.25, 0.3) is 0 Å². The Kier molecular flexibility index (Phi) is 14.1. The Morgan fingerprint density at radius 2 is 1.50 bits per heavy atom. The van der Waals surface area contributed by atoms with Crippen molar-refractivity contribution in [3.05, 3.63) is 6.42 Å². The molecule has 0 bridgehead atoms. The molecule has 0 saturated heterocycles. The van der Waals surface area contributed by atoms with Crippen molar-refractivity contribution in [3.63, 3.8) is 0 Å². The molecule has 0 heterocycles. The summed E-state index contributed by atoms with van der Waals surface area (Å²) in [6.45, 7) is 11.5. The zero-order chi connectivity index (χ0) is 10.1. The summed E-state index contributed by atoms with van der Waals surface area (Å²) in [6.07, 6.45) is 7.58. The molecule has 0 saturated carbocycles. The fourth-order valence-electron chi connectivity index (χ4n) is 1.45. The van der Waals surface area contributed by atoms with Gasteiger partial charge in [0, 0.05) is 0 Å². The van der Waals surface area contributed by atoms with Crippen molar-refractivity contribution >= 4 is 0 Å². The summed E-state index contributed by atoms with van der Waals surface area (Å²) in [5.41, 5.74) is 0. The number of hydrogen-bond acceptors (Lipinski definition) is 1. The van der Waals surface area contributed by atoms with Crippen LogP contribution in [0, 0.1) is 6.42 Å². The zero-order valence-electron chi connectivity index (χ0n) is 10.8. The van der Waals surface area contributed by atoms with Gasteiger partial charge in [-0.25, -0.2) is 0 Å². The van der Waals surface area contributed by atoms with Crippen LogP contribution >= 0.6 is 0 Å². The Morgan fingerprint density at radius 1 is 1.07 bits per heavy atom. The summed E-state index contributed by atoms with van der Waals surface area (Å²) < 4.78 is 0. The van der Waals surface area contributed by atoms with Crippen LogP contribution in [0.4, 0.5) is 0 Å². The van der Waals surface area contributed by atoms with Crippen molar-refractivity contribution < 1.29 is 18.9 Å². The van der Waals surface area contributed by atoms with Gasteiger partial charge in [0.15, 0.2) is 0 Å². The van der Waals surface area contributed by atoms with Gasteiger partial charge in [0.2, 0.25) is 0 Å². The number of nitrogens with zero attached hydrogens (tertiary/aromatic N) is 1. The maximum absolute atomic E-state index is 2.59. The van der Waals surface area contributed by atoms with Crippen LogP contribution in [0.2, 0.25) is 0 Å². The van der Waals surface area contributed by atoms with Gasteiger partial charge in [0.25, 0.3) is 0 Å². The molecule has 0 N–H and O–H groups in total. The molecule has 0 amide bonds. The van der Waals surface area contributed by atoms with Crippen molar-refractivity contribution in [1.82, 2.24) is 4.90 Å². The molecule has 0 aromatic carbocycles. The molecule has 80 valence electrons. The van der Waals surface area contributed by atoms with E-state index in [9.17, 15) is 0 Å². The summed E-state index contributed by atoms with van der Waals surface area (Å²) >= 11 is 0. The molecule has 0 aliphatic rings. The van der Waals surface area contributed by atoms with E-state index in [4.69, 9.17) is 0 Å². The Bertz CT molecular complexity index is 98.5. The van der Waals surface area contributed by atoms with Gasteiger partial charge < -0.3 is 11.3 Å². The topological polar surface area (TPSA) is 3.24 Å². The molecule has 0 rings (SSSR count). The molecular formula is C12H26LiN. The first-order valence-corrected chi connectivity index (χ1v) is 5.79. The van der Waals surface area contributed by atoms with Crippen LogP contribution in [0.1, 0.15) is 53.4 Å². The number of unbranched alkanes of at least 4 members (excludes halogenated alkanes) is 2. The van der Waals surface area contributed by atoms with Gasteiger partial charge in [-0.05, 0) is 25.9 Å². The molecule has 0 aromatic rings. The van der Waals surface area contributed by atoms with Gasteiger partial charge in [-0.1, -0.05) is 33.6 Å². The second kappa shape index (κ2) is 11.6. The Morgan fingerprint density at radius 3 is 1.79 bits per heavy atom. The summed E-state index contributed by atoms with van der Waals surface area (Å²) in [5.74, 6) is 0. The molecule has 0 radical (unpaired) electrons. The molecule has 14 heavy (non-hydrogen) atoms. The fourth-order valence-corrected chi connectivity index (χ4v) is 1.45. The van der Waals surface area contributed by atoms with Gasteiger partial charge in [0.1, 0.15) is 0 Å². The van der Waals surface area contributed by atoms with Gasteiger partial charge in [0.05, 0.1) is 0 Å². The van der Waals surface area contributed by atoms with E-state index in [1.165, 1.54) is 38.8 Å². The van der Waals surface area contributed by atoms with Crippen LogP contribution in [-0.4, -0.2) is 24.0 Å². The maximum Gasteiger partial charge on any atom is 1.00 e. The summed E-state index contributed by atoms with van der Waals surface area (Å²) in [6, 6.07) is 0.651. The summed E-state index contributed by atoms with van der Waals surface area (Å²) in [4.78, 5) is 2.59. The molecule has 0 spiro atoms. The number of rotatable bonds is 8. The zero-order valence-corrected chi connectivity index (χ0v) is 10.8. The summed E-state index contributed by atoms with van der Waals surface area (Å²) in [7, 11) is 0. The van der Waals surface area contributed by atoms with E-state index in [0.717, 1.165) is 0 Å². The smallest absolute Gasteiger partial charge is 0.330 e. The minimum atomic E-state index is 0. The average molecular weight is 191 g/mol. The van der Waals surface area contributed by atoms with Crippen molar-refractivity contribution in [3.8, 4) is 0 Å². The predicted octanol–water partition coefficient (Wildman–Crippen LogP) is 0.505. The Labute approximate surface area is 103 Å². The van der Waals surface area contributed by atoms with Gasteiger partial charge >= 0.3 is 18.9 Å². The third-order valence-electron chi connectivity index (χ3n) is 2.66. The molecule has 2 heteroatoms. The van der Waals surface area contributed by atoms with Crippen molar-refractivity contribution in [2.45, 2.75) is 59.4 Å². The van der Waals surface area contributed by atoms with E-state index < -0.39 is 0 Å². The van der Waals surface area contributed by atoms with Crippen molar-refractivity contribution in [2.24, 2.45) is 0 Å². The molecule has 1 atom stereocenters. The van der Waals surface area contributed by atoms with E-state index in [2.05, 4.69) is 39.0 Å². The second-order valence-electron chi connectivity index (χ2n) is 3.82. The van der Waals surface area contributed by atoms with Gasteiger partial charge in [-0.15, -0.1) is 6.04 Å². The van der Waals surface area contributed by atoms with Crippen LogP contribution in [0.15, 0.2) is 0 Å². The quantitative estimate of drug-likeness (QED) is 0.399. The van der Waals surface area contributed by atoms with E-state index in [1.807, 2.05) is 0 Å². The molecule has 0 aliphatic carbocycles. The van der Waals surface area contributed by atoms with Crippen molar-refractivity contribution in [1.29, 1.82) is 0 Å². The fraction of sp³-hybridized carbons (Fsp3) is 0.917. The van der Waals surface area contributed by atoms with Gasteiger partial charge in [-0.3, -0.25) is 0 Å². The number of hydrogen-bond donors (Lipinski definition) is 0. The molecule has 0 fully saturated rings. The Hall–Kier alpha value is 0.557. The van der Waals surface area contributed by atoms with Crippen LogP contribution < -0.4 is 18.9 Å². The molecule has 0 aromatic heterocycles. The van der Waals surface area contributed by atoms with E-state index >= 15 is 0 Å². The summed E-state index contributed by atoms with van der Waals surface area (Å²) in [5, 5.41) is 0. The minimum Gasteiger partial charge on any atom is -0.330 e. The largest absolute Gasteiger partial charge is 1.00 e. The minimum absolute atomic E-state index is 0. The average Bonchev–Trinajstić information content (AvgIpc) is 2.17. The van der Waals surface area contributed by atoms with E-state index in [-0.39, 0.29) is 18.9 Å². The first kappa shape index (κ1) is 17.0. The molecule has 1 unspecified atom stereocenters. The van der Waals surface area contributed by atoms with Crippen LogP contribution in [0.3, 0.4) is 0 Å². The maximum atomic E-state index is 2.59. The van der Waals surface area contributed by atoms with Crippen molar-refractivity contribution in [2.75, 3.05) is 13.1 Å². The first-order valence-electron chi connectivity index (χ1n) is 5.79. The van der Waals surface area contributed by atoms with Crippen LogP contribution in [0.5, 0.6) is 0 Å². The predicted molar refractivity (Wildman–Crippen MR) is 60.8 cm³/mol. The third kappa shape index (κ3) is 7.92. The third-order valence-corrected chi connectivity index (χ3v) is 2.66. The standard InChI is InChI=1S/C12H26N.Li/c1-5-8-10-13(11-9-6-2)12(4)7-3;/h7,12H,5-6,8-11H2,1-4H3;/q-1;+1. The Balaban J connectivity index is 0. The molecule has 1 nitrogen and oxygen atoms in total. The monoisotopic (exact) mass is 191 g/mol. The molecule has 0 aliphatic heterocycles. The van der Waals surface area contributed by atoms with E-state index in [1.54, 1.807) is 0 Å². The first-order chi connectivity index (χ1) is 6.26.